The fourth-order valence-corrected chi connectivity index (χ4v) is 2.34. The van der Waals surface area contributed by atoms with Gasteiger partial charge in [-0.2, -0.15) is 0 Å². The highest BCUT2D eigenvalue weighted by Gasteiger charge is 2.45. The summed E-state index contributed by atoms with van der Waals surface area (Å²) in [5.74, 6) is -0.0811. The Morgan fingerprint density at radius 1 is 1.39 bits per heavy atom. The van der Waals surface area contributed by atoms with Gasteiger partial charge in [0.2, 0.25) is 5.91 Å². The summed E-state index contributed by atoms with van der Waals surface area (Å²) in [6.07, 6.45) is 2.28. The molecule has 3 nitrogen and oxygen atoms in total. The number of hydrogen-bond acceptors (Lipinski definition) is 2. The Morgan fingerprint density at radius 3 is 2.50 bits per heavy atom. The maximum absolute atomic E-state index is 11.8. The first-order valence-electron chi connectivity index (χ1n) is 6.48. The fraction of sp³-hybridized carbons (Fsp3) is 0.533. The van der Waals surface area contributed by atoms with Crippen molar-refractivity contribution in [2.75, 3.05) is 6.54 Å². The molecule has 0 aliphatic heterocycles. The quantitative estimate of drug-likeness (QED) is 0.852. The monoisotopic (exact) mass is 246 g/mol. The molecule has 1 aliphatic rings. The van der Waals surface area contributed by atoms with E-state index in [2.05, 4.69) is 36.5 Å². The summed E-state index contributed by atoms with van der Waals surface area (Å²) in [4.78, 5) is 11.8. The van der Waals surface area contributed by atoms with Crippen LogP contribution in [0.3, 0.4) is 0 Å². The van der Waals surface area contributed by atoms with E-state index in [0.717, 1.165) is 12.8 Å². The largest absolute Gasteiger partial charge is 0.354 e. The number of hydrogen-bond donors (Lipinski definition) is 2. The third-order valence-electron chi connectivity index (χ3n) is 3.74. The summed E-state index contributed by atoms with van der Waals surface area (Å²) in [5, 5.41) is 2.99. The molecule has 0 radical (unpaired) electrons. The number of benzene rings is 1. The third kappa shape index (κ3) is 2.56. The Morgan fingerprint density at radius 2 is 2.00 bits per heavy atom. The molecule has 1 fully saturated rings. The van der Waals surface area contributed by atoms with Crippen molar-refractivity contribution in [1.82, 2.24) is 5.32 Å². The van der Waals surface area contributed by atoms with Crippen molar-refractivity contribution >= 4 is 5.91 Å². The lowest BCUT2D eigenvalue weighted by molar-refractivity contribution is -0.125. The highest BCUT2D eigenvalue weighted by atomic mass is 16.2. The van der Waals surface area contributed by atoms with E-state index < -0.39 is 5.54 Å². The van der Waals surface area contributed by atoms with Gasteiger partial charge in [-0.05, 0) is 44.7 Å². The number of rotatable bonds is 4. The van der Waals surface area contributed by atoms with Crippen LogP contribution in [-0.2, 0) is 10.2 Å². The molecule has 0 bridgehead atoms. The average molecular weight is 246 g/mol. The third-order valence-corrected chi connectivity index (χ3v) is 3.74. The Balaban J connectivity index is 2.06. The van der Waals surface area contributed by atoms with Crippen molar-refractivity contribution in [3.05, 3.63) is 35.4 Å². The molecule has 0 heterocycles. The van der Waals surface area contributed by atoms with E-state index in [4.69, 9.17) is 5.73 Å². The smallest absolute Gasteiger partial charge is 0.239 e. The van der Waals surface area contributed by atoms with E-state index in [0.29, 0.717) is 6.54 Å². The van der Waals surface area contributed by atoms with Crippen LogP contribution in [0.5, 0.6) is 0 Å². The van der Waals surface area contributed by atoms with Gasteiger partial charge in [0, 0.05) is 12.0 Å². The minimum Gasteiger partial charge on any atom is -0.354 e. The summed E-state index contributed by atoms with van der Waals surface area (Å²) in [5.41, 5.74) is 7.79. The molecule has 2 rings (SSSR count). The minimum atomic E-state index is -0.804. The summed E-state index contributed by atoms with van der Waals surface area (Å²) >= 11 is 0. The van der Waals surface area contributed by atoms with Gasteiger partial charge < -0.3 is 11.1 Å². The van der Waals surface area contributed by atoms with Crippen LogP contribution in [0, 0.1) is 6.92 Å². The lowest BCUT2D eigenvalue weighted by atomic mass is 9.91. The predicted octanol–water partition coefficient (Wildman–Crippen LogP) is 1.88. The molecule has 1 aromatic carbocycles. The van der Waals surface area contributed by atoms with Crippen molar-refractivity contribution in [2.24, 2.45) is 5.73 Å². The van der Waals surface area contributed by atoms with Crippen molar-refractivity contribution in [3.8, 4) is 0 Å². The Labute approximate surface area is 109 Å². The normalized spacial score (nSPS) is 17.3. The van der Waals surface area contributed by atoms with Gasteiger partial charge in [0.15, 0.2) is 0 Å². The molecule has 98 valence electrons. The summed E-state index contributed by atoms with van der Waals surface area (Å²) in [7, 11) is 0. The summed E-state index contributed by atoms with van der Waals surface area (Å²) < 4.78 is 0. The van der Waals surface area contributed by atoms with Crippen LogP contribution in [0.25, 0.3) is 0 Å². The van der Waals surface area contributed by atoms with Crippen LogP contribution in [0.15, 0.2) is 24.3 Å². The molecule has 3 heteroatoms. The molecule has 0 saturated heterocycles. The number of carbonyl (C=O) groups is 1. The lowest BCUT2D eigenvalue weighted by Crippen LogP contribution is -2.50. The van der Waals surface area contributed by atoms with E-state index in [-0.39, 0.29) is 11.3 Å². The molecule has 1 aliphatic carbocycles. The molecule has 0 spiro atoms. The van der Waals surface area contributed by atoms with Crippen molar-refractivity contribution < 1.29 is 4.79 Å². The topological polar surface area (TPSA) is 55.1 Å². The van der Waals surface area contributed by atoms with Crippen molar-refractivity contribution in [2.45, 2.75) is 44.6 Å². The summed E-state index contributed by atoms with van der Waals surface area (Å²) in [6, 6.07) is 8.42. The highest BCUT2D eigenvalue weighted by Crippen LogP contribution is 2.48. The first kappa shape index (κ1) is 13.1. The van der Waals surface area contributed by atoms with Crippen LogP contribution in [0.4, 0.5) is 0 Å². The van der Waals surface area contributed by atoms with Crippen LogP contribution in [0.1, 0.15) is 37.8 Å². The lowest BCUT2D eigenvalue weighted by Gasteiger charge is -2.23. The van der Waals surface area contributed by atoms with E-state index in [1.165, 1.54) is 11.1 Å². The second-order valence-electron chi connectivity index (χ2n) is 6.00. The van der Waals surface area contributed by atoms with Gasteiger partial charge in [-0.15, -0.1) is 0 Å². The Hall–Kier alpha value is -1.35. The molecule has 0 unspecified atom stereocenters. The van der Waals surface area contributed by atoms with E-state index in [9.17, 15) is 4.79 Å². The number of nitrogens with one attached hydrogen (secondary N) is 1. The van der Waals surface area contributed by atoms with Crippen LogP contribution in [-0.4, -0.2) is 18.0 Å². The molecule has 0 atom stereocenters. The van der Waals surface area contributed by atoms with Gasteiger partial charge in [-0.25, -0.2) is 0 Å². The van der Waals surface area contributed by atoms with Gasteiger partial charge in [0.1, 0.15) is 0 Å². The number of nitrogens with two attached hydrogens (primary N) is 1. The molecular formula is C15H22N2O. The standard InChI is InChI=1S/C15H22N2O/c1-11-6-4-5-7-12(11)15(8-9-15)10-17-13(18)14(2,3)16/h4-7H,8-10,16H2,1-3H3,(H,17,18). The van der Waals surface area contributed by atoms with E-state index in [1.807, 2.05) is 0 Å². The second kappa shape index (κ2) is 4.39. The van der Waals surface area contributed by atoms with E-state index in [1.54, 1.807) is 13.8 Å². The molecule has 18 heavy (non-hydrogen) atoms. The molecule has 1 aromatic rings. The maximum Gasteiger partial charge on any atom is 0.239 e. The SMILES string of the molecule is Cc1ccccc1C1(CNC(=O)C(C)(C)N)CC1. The molecule has 1 saturated carbocycles. The predicted molar refractivity (Wildman–Crippen MR) is 73.4 cm³/mol. The Bertz CT molecular complexity index is 456. The van der Waals surface area contributed by atoms with Crippen molar-refractivity contribution in [3.63, 3.8) is 0 Å². The molecule has 1 amide bonds. The molecule has 0 aromatic heterocycles. The average Bonchev–Trinajstić information content (AvgIpc) is 3.06. The zero-order valence-electron chi connectivity index (χ0n) is 11.4. The van der Waals surface area contributed by atoms with Crippen LogP contribution < -0.4 is 11.1 Å². The van der Waals surface area contributed by atoms with Gasteiger partial charge in [-0.1, -0.05) is 24.3 Å². The van der Waals surface area contributed by atoms with Gasteiger partial charge in [0.05, 0.1) is 5.54 Å². The fourth-order valence-electron chi connectivity index (χ4n) is 2.34. The maximum atomic E-state index is 11.8. The van der Waals surface area contributed by atoms with Crippen LogP contribution in [0.2, 0.25) is 0 Å². The minimum absolute atomic E-state index is 0.0811. The molecular weight excluding hydrogens is 224 g/mol. The zero-order valence-corrected chi connectivity index (χ0v) is 11.4. The van der Waals surface area contributed by atoms with E-state index >= 15 is 0 Å². The number of aryl methyl sites for hydroxylation is 1. The molecule has 3 N–H and O–H groups in total. The number of carbonyl (C=O) groups excluding carboxylic acids is 1. The second-order valence-corrected chi connectivity index (χ2v) is 6.00. The van der Waals surface area contributed by atoms with Crippen molar-refractivity contribution in [1.29, 1.82) is 0 Å². The number of amides is 1. The van der Waals surface area contributed by atoms with Gasteiger partial charge in [0.25, 0.3) is 0 Å². The first-order valence-corrected chi connectivity index (χ1v) is 6.48. The Kier molecular flexibility index (Phi) is 3.20. The van der Waals surface area contributed by atoms with Gasteiger partial charge in [-0.3, -0.25) is 4.79 Å². The van der Waals surface area contributed by atoms with Crippen LogP contribution >= 0.6 is 0 Å². The highest BCUT2D eigenvalue weighted by molar-refractivity contribution is 5.85. The summed E-state index contributed by atoms with van der Waals surface area (Å²) in [6.45, 7) is 6.28. The van der Waals surface area contributed by atoms with Gasteiger partial charge >= 0.3 is 0 Å². The first-order chi connectivity index (χ1) is 8.35. The zero-order chi connectivity index (χ0) is 13.4.